The Labute approximate surface area is 153 Å². The van der Waals surface area contributed by atoms with Crippen molar-refractivity contribution in [1.29, 1.82) is 0 Å². The zero-order valence-electron chi connectivity index (χ0n) is 14.2. The zero-order chi connectivity index (χ0) is 18.7. The van der Waals surface area contributed by atoms with Crippen molar-refractivity contribution in [1.82, 2.24) is 0 Å². The summed E-state index contributed by atoms with van der Waals surface area (Å²) >= 11 is 1.36. The Balaban J connectivity index is 1.91. The summed E-state index contributed by atoms with van der Waals surface area (Å²) in [7, 11) is 0. The van der Waals surface area contributed by atoms with Gasteiger partial charge in [0, 0.05) is 4.88 Å². The maximum atomic E-state index is 12.4. The number of carbonyl (C=O) groups is 2. The first-order chi connectivity index (χ1) is 12.5. The van der Waals surface area contributed by atoms with Gasteiger partial charge in [-0.2, -0.15) is 0 Å². The van der Waals surface area contributed by atoms with E-state index in [4.69, 9.17) is 9.15 Å². The van der Waals surface area contributed by atoms with Gasteiger partial charge in [-0.25, -0.2) is 4.79 Å². The molecule has 0 saturated heterocycles. The molecule has 0 radical (unpaired) electrons. The fourth-order valence-corrected chi connectivity index (χ4v) is 4.23. The Bertz CT molecular complexity index is 854. The Morgan fingerprint density at radius 2 is 2.08 bits per heavy atom. The van der Waals surface area contributed by atoms with Gasteiger partial charge in [0.25, 0.3) is 5.91 Å². The van der Waals surface area contributed by atoms with E-state index in [1.807, 2.05) is 0 Å². The van der Waals surface area contributed by atoms with E-state index in [1.54, 1.807) is 6.92 Å². The lowest BCUT2D eigenvalue weighted by Gasteiger charge is -2.07. The highest BCUT2D eigenvalue weighted by molar-refractivity contribution is 7.17. The largest absolute Gasteiger partial charge is 0.462 e. The van der Waals surface area contributed by atoms with E-state index in [-0.39, 0.29) is 12.4 Å². The highest BCUT2D eigenvalue weighted by atomic mass is 32.1. The molecule has 26 heavy (non-hydrogen) atoms. The molecule has 1 amide bonds. The number of nitrogens with zero attached hydrogens (tertiary/aromatic N) is 1. The molecule has 2 aromatic rings. The number of esters is 1. The van der Waals surface area contributed by atoms with E-state index >= 15 is 0 Å². The molecule has 0 aromatic carbocycles. The van der Waals surface area contributed by atoms with Gasteiger partial charge < -0.3 is 14.5 Å². The fourth-order valence-electron chi connectivity index (χ4n) is 2.96. The number of hydrogen-bond acceptors (Lipinski definition) is 7. The Hall–Kier alpha value is -2.68. The number of carbonyl (C=O) groups excluding carboxylic acids is 2. The number of anilines is 1. The predicted octanol–water partition coefficient (Wildman–Crippen LogP) is 3.95. The highest BCUT2D eigenvalue weighted by Gasteiger charge is 2.27. The van der Waals surface area contributed by atoms with Gasteiger partial charge in [-0.1, -0.05) is 6.42 Å². The van der Waals surface area contributed by atoms with Crippen LogP contribution < -0.4 is 5.32 Å². The normalized spacial score (nSPS) is 13.6. The van der Waals surface area contributed by atoms with Gasteiger partial charge in [0.1, 0.15) is 9.92 Å². The molecule has 1 aliphatic rings. The summed E-state index contributed by atoms with van der Waals surface area (Å²) in [5, 5.41) is 13.8. The Morgan fingerprint density at radius 3 is 2.77 bits per heavy atom. The van der Waals surface area contributed by atoms with E-state index < -0.39 is 22.7 Å². The van der Waals surface area contributed by atoms with Gasteiger partial charge in [0.05, 0.1) is 18.2 Å². The molecule has 0 bridgehead atoms. The minimum Gasteiger partial charge on any atom is -0.462 e. The second-order valence-corrected chi connectivity index (χ2v) is 6.94. The van der Waals surface area contributed by atoms with Crippen LogP contribution >= 0.6 is 11.3 Å². The van der Waals surface area contributed by atoms with E-state index in [0.717, 1.165) is 48.6 Å². The monoisotopic (exact) mass is 378 g/mol. The van der Waals surface area contributed by atoms with Gasteiger partial charge in [-0.3, -0.25) is 14.9 Å². The standard InChI is InChI=1S/C17H18N2O6S/c1-2-24-17(21)14-10-6-4-3-5-7-12(10)26-16(14)18-15(20)11-8-9-13(25-11)19(22)23/h8-9H,2-7H2,1H3,(H,18,20). The molecule has 0 fully saturated rings. The Kier molecular flexibility index (Phi) is 5.36. The summed E-state index contributed by atoms with van der Waals surface area (Å²) in [4.78, 5) is 35.9. The molecule has 0 saturated carbocycles. The average molecular weight is 378 g/mol. The minimum absolute atomic E-state index is 0.185. The SMILES string of the molecule is CCOC(=O)c1c(NC(=O)c2ccc([N+](=O)[O-])o2)sc2c1CCCCC2. The van der Waals surface area contributed by atoms with Crippen LogP contribution in [0.15, 0.2) is 16.5 Å². The molecular weight excluding hydrogens is 360 g/mol. The van der Waals surface area contributed by atoms with E-state index in [2.05, 4.69) is 5.32 Å². The first-order valence-electron chi connectivity index (χ1n) is 8.38. The van der Waals surface area contributed by atoms with Crippen LogP contribution in [-0.4, -0.2) is 23.4 Å². The highest BCUT2D eigenvalue weighted by Crippen LogP contribution is 2.38. The van der Waals surface area contributed by atoms with Crippen LogP contribution in [0.2, 0.25) is 0 Å². The Morgan fingerprint density at radius 1 is 1.31 bits per heavy atom. The summed E-state index contributed by atoms with van der Waals surface area (Å²) in [6.45, 7) is 1.96. The molecule has 0 atom stereocenters. The van der Waals surface area contributed by atoms with Crippen molar-refractivity contribution in [3.63, 3.8) is 0 Å². The smallest absolute Gasteiger partial charge is 0.433 e. The molecule has 138 valence electrons. The van der Waals surface area contributed by atoms with Crippen LogP contribution in [-0.2, 0) is 17.6 Å². The summed E-state index contributed by atoms with van der Waals surface area (Å²) in [6, 6.07) is 2.35. The quantitative estimate of drug-likeness (QED) is 0.365. The summed E-state index contributed by atoms with van der Waals surface area (Å²) < 4.78 is 10.1. The van der Waals surface area contributed by atoms with E-state index in [0.29, 0.717) is 10.6 Å². The molecule has 1 aliphatic carbocycles. The number of furan rings is 1. The zero-order valence-corrected chi connectivity index (χ0v) is 15.0. The number of fused-ring (bicyclic) bond motifs is 1. The van der Waals surface area contributed by atoms with Crippen LogP contribution in [0.25, 0.3) is 0 Å². The van der Waals surface area contributed by atoms with E-state index in [1.165, 1.54) is 17.4 Å². The molecule has 0 spiro atoms. The lowest BCUT2D eigenvalue weighted by molar-refractivity contribution is -0.402. The third-order valence-corrected chi connectivity index (χ3v) is 5.33. The minimum atomic E-state index is -0.714. The molecular formula is C17H18N2O6S. The molecule has 9 heteroatoms. The molecule has 3 rings (SSSR count). The molecule has 2 aromatic heterocycles. The first-order valence-corrected chi connectivity index (χ1v) is 9.20. The third-order valence-electron chi connectivity index (χ3n) is 4.12. The predicted molar refractivity (Wildman–Crippen MR) is 94.9 cm³/mol. The van der Waals surface area contributed by atoms with Crippen molar-refractivity contribution in [2.45, 2.75) is 39.0 Å². The fraction of sp³-hybridized carbons (Fsp3) is 0.412. The molecule has 0 aliphatic heterocycles. The average Bonchev–Trinajstić information content (AvgIpc) is 3.15. The maximum absolute atomic E-state index is 12.4. The van der Waals surface area contributed by atoms with Crippen LogP contribution in [0.3, 0.4) is 0 Å². The van der Waals surface area contributed by atoms with Gasteiger partial charge >= 0.3 is 11.9 Å². The number of hydrogen-bond donors (Lipinski definition) is 1. The lowest BCUT2D eigenvalue weighted by atomic mass is 10.1. The number of thiophene rings is 1. The first kappa shape index (κ1) is 18.1. The number of aryl methyl sites for hydroxylation is 1. The van der Waals surface area contributed by atoms with Gasteiger partial charge in [-0.05, 0) is 44.2 Å². The molecule has 0 unspecified atom stereocenters. The van der Waals surface area contributed by atoms with Crippen LogP contribution in [0.4, 0.5) is 10.9 Å². The van der Waals surface area contributed by atoms with Crippen molar-refractivity contribution in [3.05, 3.63) is 44.0 Å². The topological polar surface area (TPSA) is 112 Å². The van der Waals surface area contributed by atoms with Gasteiger partial charge in [0.15, 0.2) is 5.76 Å². The molecule has 2 heterocycles. The number of amides is 1. The van der Waals surface area contributed by atoms with Gasteiger partial charge in [-0.15, -0.1) is 11.3 Å². The lowest BCUT2D eigenvalue weighted by Crippen LogP contribution is -2.14. The van der Waals surface area contributed by atoms with Gasteiger partial charge in [0.2, 0.25) is 0 Å². The number of ether oxygens (including phenoxy) is 1. The van der Waals surface area contributed by atoms with E-state index in [9.17, 15) is 19.7 Å². The van der Waals surface area contributed by atoms with Crippen LogP contribution in [0, 0.1) is 10.1 Å². The summed E-state index contributed by atoms with van der Waals surface area (Å²) in [5.74, 6) is -1.80. The second-order valence-electron chi connectivity index (χ2n) is 5.84. The van der Waals surface area contributed by atoms with Crippen molar-refractivity contribution >= 4 is 34.1 Å². The number of nitro groups is 1. The van der Waals surface area contributed by atoms with Crippen molar-refractivity contribution in [3.8, 4) is 0 Å². The second kappa shape index (κ2) is 7.69. The van der Waals surface area contributed by atoms with Crippen LogP contribution in [0.5, 0.6) is 0 Å². The summed E-state index contributed by atoms with van der Waals surface area (Å²) in [6.07, 6.45) is 4.74. The number of nitrogens with one attached hydrogen (secondary N) is 1. The number of rotatable bonds is 5. The van der Waals surface area contributed by atoms with Crippen molar-refractivity contribution in [2.75, 3.05) is 11.9 Å². The molecule has 1 N–H and O–H groups in total. The maximum Gasteiger partial charge on any atom is 0.433 e. The van der Waals surface area contributed by atoms with Crippen molar-refractivity contribution < 1.29 is 23.7 Å². The molecule has 8 nitrogen and oxygen atoms in total. The summed E-state index contributed by atoms with van der Waals surface area (Å²) in [5.41, 5.74) is 1.33. The van der Waals surface area contributed by atoms with Crippen LogP contribution in [0.1, 0.15) is 57.5 Å². The third kappa shape index (κ3) is 3.62. The van der Waals surface area contributed by atoms with Crippen molar-refractivity contribution in [2.24, 2.45) is 0 Å².